The molecule has 3 heteroatoms. The Bertz CT molecular complexity index is 444. The zero-order valence-corrected chi connectivity index (χ0v) is 12.3. The van der Waals surface area contributed by atoms with Crippen LogP contribution in [0.1, 0.15) is 38.8 Å². The maximum Gasteiger partial charge on any atom is 0.124 e. The second kappa shape index (κ2) is 5.01. The van der Waals surface area contributed by atoms with E-state index in [0.717, 1.165) is 16.8 Å². The minimum atomic E-state index is 0.127. The average Bonchev–Trinajstić information content (AvgIpc) is 2.25. The lowest BCUT2D eigenvalue weighted by atomic mass is 9.86. The molecule has 0 aliphatic carbocycles. The van der Waals surface area contributed by atoms with Crippen LogP contribution in [0.4, 0.5) is 5.69 Å². The Morgan fingerprint density at radius 2 is 1.89 bits per heavy atom. The van der Waals surface area contributed by atoms with Gasteiger partial charge in [-0.15, -0.1) is 0 Å². The van der Waals surface area contributed by atoms with E-state index in [4.69, 9.17) is 11.1 Å². The van der Waals surface area contributed by atoms with Gasteiger partial charge in [0.15, 0.2) is 0 Å². The summed E-state index contributed by atoms with van der Waals surface area (Å²) in [6.07, 6.45) is 0. The summed E-state index contributed by atoms with van der Waals surface area (Å²) >= 11 is 0. The lowest BCUT2D eigenvalue weighted by Gasteiger charge is -2.38. The van der Waals surface area contributed by atoms with E-state index in [2.05, 4.69) is 52.6 Å². The Morgan fingerprint density at radius 3 is 2.33 bits per heavy atom. The number of benzene rings is 1. The highest BCUT2D eigenvalue weighted by atomic mass is 15.1. The molecule has 1 rings (SSSR count). The minimum Gasteiger partial charge on any atom is -0.384 e. The number of hydrogen-bond donors (Lipinski definition) is 2. The van der Waals surface area contributed by atoms with Crippen LogP contribution in [0.5, 0.6) is 0 Å². The average molecular weight is 247 g/mol. The molecule has 0 fully saturated rings. The van der Waals surface area contributed by atoms with E-state index < -0.39 is 0 Å². The molecule has 0 spiro atoms. The van der Waals surface area contributed by atoms with E-state index in [9.17, 15) is 0 Å². The van der Waals surface area contributed by atoms with Gasteiger partial charge in [0.25, 0.3) is 0 Å². The van der Waals surface area contributed by atoms with Gasteiger partial charge in [-0.25, -0.2) is 0 Å². The smallest absolute Gasteiger partial charge is 0.124 e. The third kappa shape index (κ3) is 2.84. The van der Waals surface area contributed by atoms with Gasteiger partial charge in [-0.1, -0.05) is 32.9 Å². The summed E-state index contributed by atoms with van der Waals surface area (Å²) in [5, 5.41) is 7.71. The molecule has 0 heterocycles. The topological polar surface area (TPSA) is 53.1 Å². The third-order valence-corrected chi connectivity index (χ3v) is 3.71. The summed E-state index contributed by atoms with van der Waals surface area (Å²) in [6.45, 7) is 10.9. The summed E-state index contributed by atoms with van der Waals surface area (Å²) in [7, 11) is 2.07. The lowest BCUT2D eigenvalue weighted by molar-refractivity contribution is 0.329. The van der Waals surface area contributed by atoms with Crippen molar-refractivity contribution in [2.24, 2.45) is 11.1 Å². The number of amidine groups is 1. The van der Waals surface area contributed by atoms with Crippen LogP contribution in [0.3, 0.4) is 0 Å². The molecule has 0 saturated carbocycles. The third-order valence-electron chi connectivity index (χ3n) is 3.71. The zero-order chi connectivity index (χ0) is 14.1. The molecule has 0 aliphatic heterocycles. The van der Waals surface area contributed by atoms with Gasteiger partial charge in [-0.05, 0) is 30.9 Å². The highest BCUT2D eigenvalue weighted by Crippen LogP contribution is 2.31. The van der Waals surface area contributed by atoms with Gasteiger partial charge < -0.3 is 10.6 Å². The van der Waals surface area contributed by atoms with Crippen LogP contribution < -0.4 is 10.6 Å². The second-order valence-corrected chi connectivity index (χ2v) is 6.04. The van der Waals surface area contributed by atoms with Crippen molar-refractivity contribution in [1.29, 1.82) is 5.41 Å². The molecule has 0 aliphatic rings. The maximum absolute atomic E-state index is 7.71. The summed E-state index contributed by atoms with van der Waals surface area (Å²) < 4.78 is 0. The largest absolute Gasteiger partial charge is 0.384 e. The van der Waals surface area contributed by atoms with Crippen molar-refractivity contribution in [3.63, 3.8) is 0 Å². The number of anilines is 1. The van der Waals surface area contributed by atoms with Crippen LogP contribution in [0.2, 0.25) is 0 Å². The van der Waals surface area contributed by atoms with Crippen LogP contribution in [-0.2, 0) is 0 Å². The first kappa shape index (κ1) is 14.6. The molecule has 0 aromatic heterocycles. The maximum atomic E-state index is 7.71. The molecule has 1 aromatic rings. The quantitative estimate of drug-likeness (QED) is 0.637. The normalized spacial score (nSPS) is 13.2. The molecule has 100 valence electrons. The number of rotatable bonds is 3. The molecule has 0 saturated heterocycles. The Kier molecular flexibility index (Phi) is 4.05. The van der Waals surface area contributed by atoms with Crippen molar-refractivity contribution < 1.29 is 0 Å². The predicted octanol–water partition coefficient (Wildman–Crippen LogP) is 3.15. The van der Waals surface area contributed by atoms with Crippen LogP contribution in [-0.4, -0.2) is 18.9 Å². The minimum absolute atomic E-state index is 0.127. The molecule has 18 heavy (non-hydrogen) atoms. The number of para-hydroxylation sites is 1. The van der Waals surface area contributed by atoms with E-state index in [1.54, 1.807) is 0 Å². The van der Waals surface area contributed by atoms with Gasteiger partial charge in [0.05, 0.1) is 5.69 Å². The summed E-state index contributed by atoms with van der Waals surface area (Å²) in [5.41, 5.74) is 8.89. The molecular weight excluding hydrogens is 222 g/mol. The van der Waals surface area contributed by atoms with Gasteiger partial charge in [0.1, 0.15) is 5.84 Å². The summed E-state index contributed by atoms with van der Waals surface area (Å²) in [5.74, 6) is 0.127. The van der Waals surface area contributed by atoms with Crippen LogP contribution in [0, 0.1) is 17.7 Å². The SMILES string of the molecule is Cc1cccc(C(=N)N)c1N(C)C(C)C(C)(C)C. The predicted molar refractivity (Wildman–Crippen MR) is 79.5 cm³/mol. The number of aryl methyl sites for hydroxylation is 1. The fourth-order valence-corrected chi connectivity index (χ4v) is 2.12. The van der Waals surface area contributed by atoms with Crippen LogP contribution >= 0.6 is 0 Å². The fourth-order valence-electron chi connectivity index (χ4n) is 2.12. The molecular formula is C15H25N3. The number of nitrogen functional groups attached to an aromatic ring is 1. The van der Waals surface area contributed by atoms with Crippen molar-refractivity contribution >= 4 is 11.5 Å². The Hall–Kier alpha value is -1.51. The molecule has 0 bridgehead atoms. The lowest BCUT2D eigenvalue weighted by Crippen LogP contribution is -2.40. The van der Waals surface area contributed by atoms with Crippen molar-refractivity contribution in [1.82, 2.24) is 0 Å². The number of nitrogens with one attached hydrogen (secondary N) is 1. The van der Waals surface area contributed by atoms with Gasteiger partial charge in [-0.3, -0.25) is 5.41 Å². The molecule has 1 unspecified atom stereocenters. The van der Waals surface area contributed by atoms with E-state index in [1.165, 1.54) is 0 Å². The van der Waals surface area contributed by atoms with Gasteiger partial charge in [-0.2, -0.15) is 0 Å². The molecule has 1 atom stereocenters. The monoisotopic (exact) mass is 247 g/mol. The van der Waals surface area contributed by atoms with Crippen molar-refractivity contribution in [2.75, 3.05) is 11.9 Å². The molecule has 0 amide bonds. The van der Waals surface area contributed by atoms with E-state index in [0.29, 0.717) is 6.04 Å². The zero-order valence-electron chi connectivity index (χ0n) is 12.3. The molecule has 1 aromatic carbocycles. The molecule has 3 N–H and O–H groups in total. The van der Waals surface area contributed by atoms with E-state index in [1.807, 2.05) is 12.1 Å². The Morgan fingerprint density at radius 1 is 1.33 bits per heavy atom. The first-order valence-corrected chi connectivity index (χ1v) is 6.33. The number of nitrogens with two attached hydrogens (primary N) is 1. The molecule has 0 radical (unpaired) electrons. The number of nitrogens with zero attached hydrogens (tertiary/aromatic N) is 1. The van der Waals surface area contributed by atoms with Crippen molar-refractivity contribution in [2.45, 2.75) is 40.7 Å². The second-order valence-electron chi connectivity index (χ2n) is 6.04. The van der Waals surface area contributed by atoms with Gasteiger partial charge in [0, 0.05) is 18.7 Å². The fraction of sp³-hybridized carbons (Fsp3) is 0.533. The van der Waals surface area contributed by atoms with Gasteiger partial charge in [0.2, 0.25) is 0 Å². The van der Waals surface area contributed by atoms with Crippen LogP contribution in [0.25, 0.3) is 0 Å². The molecule has 3 nitrogen and oxygen atoms in total. The van der Waals surface area contributed by atoms with E-state index in [-0.39, 0.29) is 11.3 Å². The number of hydrogen-bond acceptors (Lipinski definition) is 2. The van der Waals surface area contributed by atoms with Gasteiger partial charge >= 0.3 is 0 Å². The van der Waals surface area contributed by atoms with E-state index >= 15 is 0 Å². The Labute approximate surface area is 111 Å². The van der Waals surface area contributed by atoms with Crippen LogP contribution in [0.15, 0.2) is 18.2 Å². The van der Waals surface area contributed by atoms with Crippen molar-refractivity contribution in [3.05, 3.63) is 29.3 Å². The first-order chi connectivity index (χ1) is 8.16. The highest BCUT2D eigenvalue weighted by molar-refractivity contribution is 6.01. The first-order valence-electron chi connectivity index (χ1n) is 6.33. The summed E-state index contributed by atoms with van der Waals surface area (Å²) in [4.78, 5) is 2.23. The van der Waals surface area contributed by atoms with Crippen molar-refractivity contribution in [3.8, 4) is 0 Å². The standard InChI is InChI=1S/C15H25N3/c1-10-8-7-9-12(14(16)17)13(10)18(6)11(2)15(3,4)5/h7-9,11H,1-6H3,(H3,16,17). The Balaban J connectivity index is 3.28. The summed E-state index contributed by atoms with van der Waals surface area (Å²) in [6, 6.07) is 6.28. The highest BCUT2D eigenvalue weighted by Gasteiger charge is 2.26.